The van der Waals surface area contributed by atoms with Crippen molar-refractivity contribution < 1.29 is 4.79 Å². The maximum atomic E-state index is 12.1. The average Bonchev–Trinajstić information content (AvgIpc) is 2.43. The van der Waals surface area contributed by atoms with Crippen molar-refractivity contribution in [2.45, 2.75) is 20.4 Å². The minimum Gasteiger partial charge on any atom is -0.348 e. The molecule has 0 saturated carbocycles. The Morgan fingerprint density at radius 2 is 1.90 bits per heavy atom. The summed E-state index contributed by atoms with van der Waals surface area (Å²) >= 11 is 0. The van der Waals surface area contributed by atoms with Gasteiger partial charge in [-0.2, -0.15) is 0 Å². The molecule has 0 radical (unpaired) electrons. The molecule has 0 aliphatic rings. The summed E-state index contributed by atoms with van der Waals surface area (Å²) in [7, 11) is 1.69. The van der Waals surface area contributed by atoms with Crippen LogP contribution in [0.25, 0.3) is 0 Å². The maximum Gasteiger partial charge on any atom is 0.251 e. The molecule has 0 spiro atoms. The molecule has 104 valence electrons. The first kappa shape index (κ1) is 14.1. The predicted molar refractivity (Wildman–Crippen MR) is 78.8 cm³/mol. The van der Waals surface area contributed by atoms with E-state index in [1.807, 2.05) is 32.0 Å². The first-order valence-electron chi connectivity index (χ1n) is 6.48. The molecule has 0 aliphatic heterocycles. The van der Waals surface area contributed by atoms with Gasteiger partial charge in [-0.15, -0.1) is 0 Å². The molecule has 0 atom stereocenters. The van der Waals surface area contributed by atoms with Crippen molar-refractivity contribution in [3.63, 3.8) is 0 Å². The van der Waals surface area contributed by atoms with Crippen LogP contribution in [0.2, 0.25) is 0 Å². The second kappa shape index (κ2) is 5.74. The van der Waals surface area contributed by atoms with E-state index in [9.17, 15) is 9.59 Å². The van der Waals surface area contributed by atoms with Crippen LogP contribution in [0.1, 0.15) is 27.0 Å². The molecule has 4 heteroatoms. The van der Waals surface area contributed by atoms with Gasteiger partial charge in [0.25, 0.3) is 5.91 Å². The average molecular weight is 270 g/mol. The van der Waals surface area contributed by atoms with Crippen LogP contribution in [-0.4, -0.2) is 10.5 Å². The third-order valence-electron chi connectivity index (χ3n) is 3.37. The second-order valence-electron chi connectivity index (χ2n) is 4.97. The third-order valence-corrected chi connectivity index (χ3v) is 3.37. The smallest absolute Gasteiger partial charge is 0.251 e. The van der Waals surface area contributed by atoms with E-state index in [1.165, 1.54) is 16.2 Å². The Bertz CT molecular complexity index is 702. The van der Waals surface area contributed by atoms with Gasteiger partial charge in [0.1, 0.15) is 0 Å². The van der Waals surface area contributed by atoms with Crippen LogP contribution in [0.3, 0.4) is 0 Å². The van der Waals surface area contributed by atoms with Crippen molar-refractivity contribution in [1.29, 1.82) is 0 Å². The summed E-state index contributed by atoms with van der Waals surface area (Å²) in [6.07, 6.45) is 1.73. The fourth-order valence-electron chi connectivity index (χ4n) is 1.92. The molecule has 20 heavy (non-hydrogen) atoms. The van der Waals surface area contributed by atoms with Crippen LogP contribution < -0.4 is 10.9 Å². The summed E-state index contributed by atoms with van der Waals surface area (Å²) in [6.45, 7) is 4.40. The van der Waals surface area contributed by atoms with E-state index in [1.54, 1.807) is 19.3 Å². The molecule has 1 N–H and O–H groups in total. The topological polar surface area (TPSA) is 51.1 Å². The van der Waals surface area contributed by atoms with E-state index in [0.717, 1.165) is 11.1 Å². The number of aromatic nitrogens is 1. The summed E-state index contributed by atoms with van der Waals surface area (Å²) in [5.74, 6) is -0.109. The number of hydrogen-bond donors (Lipinski definition) is 1. The highest BCUT2D eigenvalue weighted by Crippen LogP contribution is 2.09. The van der Waals surface area contributed by atoms with Crippen molar-refractivity contribution in [3.05, 3.63) is 69.1 Å². The summed E-state index contributed by atoms with van der Waals surface area (Å²) in [5, 5.41) is 2.85. The molecule has 1 amide bonds. The van der Waals surface area contributed by atoms with Gasteiger partial charge in [0.05, 0.1) is 0 Å². The van der Waals surface area contributed by atoms with Crippen LogP contribution in [0.5, 0.6) is 0 Å². The number of benzene rings is 1. The van der Waals surface area contributed by atoms with E-state index < -0.39 is 0 Å². The lowest BCUT2D eigenvalue weighted by Crippen LogP contribution is -2.24. The zero-order valence-corrected chi connectivity index (χ0v) is 11.9. The van der Waals surface area contributed by atoms with E-state index in [-0.39, 0.29) is 11.5 Å². The third kappa shape index (κ3) is 3.15. The predicted octanol–water partition coefficient (Wildman–Crippen LogP) is 1.93. The summed E-state index contributed by atoms with van der Waals surface area (Å²) in [6, 6.07) is 8.86. The normalized spacial score (nSPS) is 10.3. The van der Waals surface area contributed by atoms with Crippen molar-refractivity contribution in [2.75, 3.05) is 0 Å². The molecule has 0 bridgehead atoms. The van der Waals surface area contributed by atoms with Crippen LogP contribution in [0, 0.1) is 13.8 Å². The van der Waals surface area contributed by atoms with Gasteiger partial charge in [-0.1, -0.05) is 12.1 Å². The Balaban J connectivity index is 2.06. The zero-order chi connectivity index (χ0) is 14.7. The van der Waals surface area contributed by atoms with E-state index >= 15 is 0 Å². The molecular weight excluding hydrogens is 252 g/mol. The minimum absolute atomic E-state index is 0.0609. The molecule has 0 fully saturated rings. The summed E-state index contributed by atoms with van der Waals surface area (Å²) in [4.78, 5) is 23.3. The van der Waals surface area contributed by atoms with Crippen LogP contribution in [-0.2, 0) is 13.6 Å². The molecule has 0 aliphatic carbocycles. The van der Waals surface area contributed by atoms with Crippen molar-refractivity contribution >= 4 is 5.91 Å². The highest BCUT2D eigenvalue weighted by atomic mass is 16.1. The summed E-state index contributed by atoms with van der Waals surface area (Å²) in [5.41, 5.74) is 3.75. The van der Waals surface area contributed by atoms with Gasteiger partial charge in [-0.3, -0.25) is 9.59 Å². The fraction of sp³-hybridized carbons (Fsp3) is 0.250. The molecule has 1 aromatic heterocycles. The zero-order valence-electron chi connectivity index (χ0n) is 11.9. The Labute approximate surface area is 118 Å². The molecule has 1 heterocycles. The van der Waals surface area contributed by atoms with Crippen molar-refractivity contribution in [1.82, 2.24) is 9.88 Å². The van der Waals surface area contributed by atoms with Crippen LogP contribution in [0.15, 0.2) is 41.3 Å². The highest BCUT2D eigenvalue weighted by molar-refractivity contribution is 5.94. The van der Waals surface area contributed by atoms with Gasteiger partial charge in [0.2, 0.25) is 5.56 Å². The molecule has 2 rings (SSSR count). The molecule has 2 aromatic rings. The molecule has 0 saturated heterocycles. The van der Waals surface area contributed by atoms with Gasteiger partial charge >= 0.3 is 0 Å². The van der Waals surface area contributed by atoms with Crippen molar-refractivity contribution in [3.8, 4) is 0 Å². The van der Waals surface area contributed by atoms with Gasteiger partial charge in [0.15, 0.2) is 0 Å². The number of hydrogen-bond acceptors (Lipinski definition) is 2. The molecule has 1 aromatic carbocycles. The van der Waals surface area contributed by atoms with Crippen LogP contribution in [0.4, 0.5) is 0 Å². The summed E-state index contributed by atoms with van der Waals surface area (Å²) < 4.78 is 1.50. The molecule has 4 nitrogen and oxygen atoms in total. The van der Waals surface area contributed by atoms with Crippen LogP contribution >= 0.6 is 0 Å². The number of carbonyl (C=O) groups is 1. The maximum absolute atomic E-state index is 12.1. The monoisotopic (exact) mass is 270 g/mol. The first-order chi connectivity index (χ1) is 9.47. The van der Waals surface area contributed by atoms with Crippen molar-refractivity contribution in [2.24, 2.45) is 7.05 Å². The Morgan fingerprint density at radius 3 is 2.55 bits per heavy atom. The standard InChI is InChI=1S/C16H18N2O2/c1-11-4-6-14(8-12(11)2)16(20)17-9-13-5-7-15(19)18(3)10-13/h4-8,10H,9H2,1-3H3,(H,17,20). The van der Waals surface area contributed by atoms with Gasteiger partial charge in [0, 0.05) is 31.4 Å². The van der Waals surface area contributed by atoms with E-state index in [0.29, 0.717) is 12.1 Å². The Kier molecular flexibility index (Phi) is 4.03. The first-order valence-corrected chi connectivity index (χ1v) is 6.48. The lowest BCUT2D eigenvalue weighted by Gasteiger charge is -2.08. The minimum atomic E-state index is -0.109. The number of amides is 1. The number of nitrogens with zero attached hydrogens (tertiary/aromatic N) is 1. The fourth-order valence-corrected chi connectivity index (χ4v) is 1.92. The van der Waals surface area contributed by atoms with Gasteiger partial charge in [-0.05, 0) is 42.7 Å². The molecular formula is C16H18N2O2. The van der Waals surface area contributed by atoms with Gasteiger partial charge in [-0.25, -0.2) is 0 Å². The second-order valence-corrected chi connectivity index (χ2v) is 4.97. The van der Waals surface area contributed by atoms with E-state index in [2.05, 4.69) is 5.32 Å². The SMILES string of the molecule is Cc1ccc(C(=O)NCc2ccc(=O)n(C)c2)cc1C. The number of nitrogens with one attached hydrogen (secondary N) is 1. The number of aryl methyl sites for hydroxylation is 3. The lowest BCUT2D eigenvalue weighted by molar-refractivity contribution is 0.0950. The number of pyridine rings is 1. The highest BCUT2D eigenvalue weighted by Gasteiger charge is 2.06. The Morgan fingerprint density at radius 1 is 1.15 bits per heavy atom. The van der Waals surface area contributed by atoms with E-state index in [4.69, 9.17) is 0 Å². The quantitative estimate of drug-likeness (QED) is 0.926. The number of rotatable bonds is 3. The van der Waals surface area contributed by atoms with Gasteiger partial charge < -0.3 is 9.88 Å². The molecule has 0 unspecified atom stereocenters. The Hall–Kier alpha value is -2.36. The number of carbonyl (C=O) groups excluding carboxylic acids is 1. The largest absolute Gasteiger partial charge is 0.348 e. The lowest BCUT2D eigenvalue weighted by atomic mass is 10.1.